The minimum atomic E-state index is -0.988. The molecule has 7 nitrogen and oxygen atoms in total. The molecular weight excluding hydrogens is 356 g/mol. The number of hydrogen-bond donors (Lipinski definition) is 3. The van der Waals surface area contributed by atoms with Crippen LogP contribution in [-0.2, 0) is 11.2 Å². The van der Waals surface area contributed by atoms with Crippen LogP contribution < -0.4 is 10.6 Å². The molecule has 1 aliphatic carbocycles. The van der Waals surface area contributed by atoms with Crippen LogP contribution in [0.5, 0.6) is 0 Å². The first-order chi connectivity index (χ1) is 13.0. The van der Waals surface area contributed by atoms with E-state index in [1.54, 1.807) is 12.5 Å². The average Bonchev–Trinajstić information content (AvgIpc) is 3.15. The van der Waals surface area contributed by atoms with E-state index in [9.17, 15) is 18.4 Å². The number of nitrogens with zero attached hydrogens (tertiary/aromatic N) is 2. The van der Waals surface area contributed by atoms with Crippen molar-refractivity contribution >= 4 is 11.8 Å². The number of nitrogens with one attached hydrogen (secondary N) is 3. The molecule has 0 aromatic carbocycles. The molecule has 2 amide bonds. The molecule has 144 valence electrons. The molecule has 3 N–H and O–H groups in total. The van der Waals surface area contributed by atoms with E-state index in [1.807, 2.05) is 0 Å². The van der Waals surface area contributed by atoms with Gasteiger partial charge >= 0.3 is 0 Å². The van der Waals surface area contributed by atoms with Gasteiger partial charge in [-0.1, -0.05) is 0 Å². The average molecular weight is 377 g/mol. The summed E-state index contributed by atoms with van der Waals surface area (Å²) in [4.78, 5) is 34.7. The maximum atomic E-state index is 13.6. The Balaban J connectivity index is 1.41. The van der Waals surface area contributed by atoms with Crippen molar-refractivity contribution < 1.29 is 18.4 Å². The van der Waals surface area contributed by atoms with Gasteiger partial charge in [-0.3, -0.25) is 9.59 Å². The van der Waals surface area contributed by atoms with Crippen molar-refractivity contribution in [1.29, 1.82) is 0 Å². The minimum absolute atomic E-state index is 0.00513. The van der Waals surface area contributed by atoms with Crippen molar-refractivity contribution in [2.45, 2.75) is 38.1 Å². The molecular formula is C18H21F2N5O2. The molecule has 0 atom stereocenters. The molecule has 1 fully saturated rings. The van der Waals surface area contributed by atoms with Gasteiger partial charge in [0.05, 0.1) is 12.5 Å². The number of amides is 2. The Morgan fingerprint density at radius 2 is 1.96 bits per heavy atom. The molecule has 1 saturated carbocycles. The van der Waals surface area contributed by atoms with E-state index >= 15 is 0 Å². The third-order valence-electron chi connectivity index (χ3n) is 4.70. The van der Waals surface area contributed by atoms with Gasteiger partial charge in [0.1, 0.15) is 5.82 Å². The quantitative estimate of drug-likeness (QED) is 0.714. The molecule has 0 bridgehead atoms. The number of carbonyl (C=O) groups is 2. The highest BCUT2D eigenvalue weighted by Crippen LogP contribution is 2.24. The maximum absolute atomic E-state index is 13.6. The first-order valence-corrected chi connectivity index (χ1v) is 8.90. The van der Waals surface area contributed by atoms with Crippen molar-refractivity contribution in [3.8, 4) is 0 Å². The summed E-state index contributed by atoms with van der Waals surface area (Å²) in [7, 11) is 0. The minimum Gasteiger partial charge on any atom is -0.355 e. The van der Waals surface area contributed by atoms with Crippen LogP contribution in [0.15, 0.2) is 24.8 Å². The van der Waals surface area contributed by atoms with Crippen LogP contribution >= 0.6 is 0 Å². The van der Waals surface area contributed by atoms with Crippen molar-refractivity contribution in [1.82, 2.24) is 25.6 Å². The SMILES string of the molecule is O=C(NC1CCC(C(=O)NCCc2cnc[nH]2)CC1)c1ncc(F)cc1F. The Bertz CT molecular complexity index is 789. The van der Waals surface area contributed by atoms with Gasteiger partial charge < -0.3 is 15.6 Å². The summed E-state index contributed by atoms with van der Waals surface area (Å²) in [6.45, 7) is 0.535. The smallest absolute Gasteiger partial charge is 0.273 e. The number of carbonyl (C=O) groups excluding carboxylic acids is 2. The summed E-state index contributed by atoms with van der Waals surface area (Å²) >= 11 is 0. The number of pyridine rings is 1. The number of halogens is 2. The van der Waals surface area contributed by atoms with E-state index in [-0.39, 0.29) is 17.9 Å². The number of aromatic amines is 1. The van der Waals surface area contributed by atoms with Crippen molar-refractivity contribution in [2.75, 3.05) is 6.54 Å². The zero-order chi connectivity index (χ0) is 19.2. The normalized spacial score (nSPS) is 19.5. The van der Waals surface area contributed by atoms with Crippen LogP contribution in [0.1, 0.15) is 41.9 Å². The predicted molar refractivity (Wildman–Crippen MR) is 92.7 cm³/mol. The molecule has 27 heavy (non-hydrogen) atoms. The van der Waals surface area contributed by atoms with Crippen molar-refractivity contribution in [3.63, 3.8) is 0 Å². The molecule has 1 aliphatic rings. The monoisotopic (exact) mass is 377 g/mol. The first kappa shape index (κ1) is 18.9. The van der Waals surface area contributed by atoms with Gasteiger partial charge in [-0.15, -0.1) is 0 Å². The molecule has 0 spiro atoms. The largest absolute Gasteiger partial charge is 0.355 e. The summed E-state index contributed by atoms with van der Waals surface area (Å²) in [5, 5.41) is 5.63. The van der Waals surface area contributed by atoms with Gasteiger partial charge in [0.2, 0.25) is 5.91 Å². The fourth-order valence-electron chi connectivity index (χ4n) is 3.22. The standard InChI is InChI=1S/C18H21F2N5O2/c19-12-7-15(20)16(23-8-12)18(27)25-13-3-1-11(2-4-13)17(26)22-6-5-14-9-21-10-24-14/h7-11,13H,1-6H2,(H,21,24)(H,22,26)(H,25,27). The van der Waals surface area contributed by atoms with Gasteiger partial charge in [-0.25, -0.2) is 18.7 Å². The van der Waals surface area contributed by atoms with Crippen LogP contribution in [0.25, 0.3) is 0 Å². The van der Waals surface area contributed by atoms with E-state index in [0.29, 0.717) is 44.7 Å². The summed E-state index contributed by atoms with van der Waals surface area (Å²) < 4.78 is 26.5. The van der Waals surface area contributed by atoms with Gasteiger partial charge in [-0.2, -0.15) is 0 Å². The van der Waals surface area contributed by atoms with Gasteiger partial charge in [-0.05, 0) is 25.7 Å². The van der Waals surface area contributed by atoms with Crippen LogP contribution in [-0.4, -0.2) is 39.4 Å². The van der Waals surface area contributed by atoms with Crippen LogP contribution in [0.3, 0.4) is 0 Å². The van der Waals surface area contributed by atoms with Crippen LogP contribution in [0.4, 0.5) is 8.78 Å². The summed E-state index contributed by atoms with van der Waals surface area (Å²) in [5.41, 5.74) is 0.540. The molecule has 3 rings (SSSR count). The highest BCUT2D eigenvalue weighted by molar-refractivity contribution is 5.92. The number of H-pyrrole nitrogens is 1. The maximum Gasteiger partial charge on any atom is 0.273 e. The lowest BCUT2D eigenvalue weighted by molar-refractivity contribution is -0.126. The highest BCUT2D eigenvalue weighted by atomic mass is 19.1. The Hall–Kier alpha value is -2.84. The predicted octanol–water partition coefficient (Wildman–Crippen LogP) is 1.73. The van der Waals surface area contributed by atoms with E-state index in [0.717, 1.165) is 11.9 Å². The zero-order valence-corrected chi connectivity index (χ0v) is 14.7. The van der Waals surface area contributed by atoms with Crippen molar-refractivity contribution in [2.24, 2.45) is 5.92 Å². The van der Waals surface area contributed by atoms with E-state index in [2.05, 4.69) is 25.6 Å². The number of hydrogen-bond acceptors (Lipinski definition) is 4. The Labute approximate surface area is 155 Å². The van der Waals surface area contributed by atoms with Crippen molar-refractivity contribution in [3.05, 3.63) is 47.8 Å². The number of imidazole rings is 1. The number of aromatic nitrogens is 3. The Morgan fingerprint density at radius 1 is 1.19 bits per heavy atom. The lowest BCUT2D eigenvalue weighted by Crippen LogP contribution is -2.41. The molecule has 0 unspecified atom stereocenters. The molecule has 9 heteroatoms. The van der Waals surface area contributed by atoms with Gasteiger partial charge in [0, 0.05) is 42.9 Å². The summed E-state index contributed by atoms with van der Waals surface area (Å²) in [5.74, 6) is -2.58. The third kappa shape index (κ3) is 5.08. The second kappa shape index (κ2) is 8.70. The molecule has 0 aliphatic heterocycles. The molecule has 0 radical (unpaired) electrons. The van der Waals surface area contributed by atoms with Gasteiger partial charge in [0.25, 0.3) is 5.91 Å². The second-order valence-corrected chi connectivity index (χ2v) is 6.62. The summed E-state index contributed by atoms with van der Waals surface area (Å²) in [6, 6.07) is 0.477. The van der Waals surface area contributed by atoms with E-state index < -0.39 is 23.2 Å². The van der Waals surface area contributed by atoms with E-state index in [1.165, 1.54) is 0 Å². The molecule has 2 aromatic heterocycles. The highest BCUT2D eigenvalue weighted by Gasteiger charge is 2.28. The first-order valence-electron chi connectivity index (χ1n) is 8.90. The fraction of sp³-hybridized carbons (Fsp3) is 0.444. The lowest BCUT2D eigenvalue weighted by atomic mass is 9.85. The second-order valence-electron chi connectivity index (χ2n) is 6.62. The molecule has 0 saturated heterocycles. The Kier molecular flexibility index (Phi) is 6.10. The van der Waals surface area contributed by atoms with Gasteiger partial charge in [0.15, 0.2) is 11.5 Å². The molecule has 2 heterocycles. The Morgan fingerprint density at radius 3 is 2.63 bits per heavy atom. The number of rotatable bonds is 6. The van der Waals surface area contributed by atoms with E-state index in [4.69, 9.17) is 0 Å². The summed E-state index contributed by atoms with van der Waals surface area (Å²) in [6.07, 6.45) is 7.33. The third-order valence-corrected chi connectivity index (χ3v) is 4.70. The topological polar surface area (TPSA) is 99.8 Å². The van der Waals surface area contributed by atoms with Crippen LogP contribution in [0.2, 0.25) is 0 Å². The lowest BCUT2D eigenvalue weighted by Gasteiger charge is -2.28. The molecule has 2 aromatic rings. The zero-order valence-electron chi connectivity index (χ0n) is 14.7. The fourth-order valence-corrected chi connectivity index (χ4v) is 3.22. The van der Waals surface area contributed by atoms with Crippen LogP contribution in [0, 0.1) is 17.6 Å².